The maximum Gasteiger partial charge on any atom is 0.573 e. The van der Waals surface area contributed by atoms with E-state index in [4.69, 9.17) is 0 Å². The summed E-state index contributed by atoms with van der Waals surface area (Å²) >= 11 is 0. The zero-order chi connectivity index (χ0) is 18.4. The first-order valence-electron chi connectivity index (χ1n) is 7.01. The van der Waals surface area contributed by atoms with Crippen molar-refractivity contribution in [1.82, 2.24) is 10.3 Å². The SMILES string of the molecule is CNC(C#N)c1c(C=O)ccnc1Nc1ccc(OC(F)(F)F)cc1. The number of aromatic nitrogens is 1. The molecular formula is C16H13F3N4O2. The maximum atomic E-state index is 12.2. The number of pyridine rings is 1. The van der Waals surface area contributed by atoms with Gasteiger partial charge in [-0.1, -0.05) is 0 Å². The van der Waals surface area contributed by atoms with E-state index < -0.39 is 12.4 Å². The molecule has 0 spiro atoms. The molecule has 1 atom stereocenters. The molecule has 2 rings (SSSR count). The van der Waals surface area contributed by atoms with Crippen molar-refractivity contribution in [3.8, 4) is 11.8 Å². The normalized spacial score (nSPS) is 12.1. The second-order valence-corrected chi connectivity index (χ2v) is 4.83. The Labute approximate surface area is 141 Å². The molecule has 2 aromatic rings. The Balaban J connectivity index is 2.31. The van der Waals surface area contributed by atoms with Gasteiger partial charge in [0.1, 0.15) is 17.6 Å². The van der Waals surface area contributed by atoms with Crippen LogP contribution in [0, 0.1) is 11.3 Å². The van der Waals surface area contributed by atoms with Gasteiger partial charge in [-0.3, -0.25) is 4.79 Å². The lowest BCUT2D eigenvalue weighted by molar-refractivity contribution is -0.274. The van der Waals surface area contributed by atoms with Crippen molar-refractivity contribution in [1.29, 1.82) is 5.26 Å². The van der Waals surface area contributed by atoms with Gasteiger partial charge < -0.3 is 15.4 Å². The minimum Gasteiger partial charge on any atom is -0.406 e. The largest absolute Gasteiger partial charge is 0.573 e. The molecule has 1 aromatic carbocycles. The standard InChI is InChI=1S/C16H13F3N4O2/c1-21-13(8-20)14-10(9-24)6-7-22-15(14)23-11-2-4-12(5-3-11)25-16(17,18)19/h2-7,9,13,21H,1H3,(H,22,23). The molecule has 9 heteroatoms. The van der Waals surface area contributed by atoms with Crippen LogP contribution in [0.5, 0.6) is 5.75 Å². The molecule has 0 aliphatic heterocycles. The van der Waals surface area contributed by atoms with Crippen LogP contribution in [0.3, 0.4) is 0 Å². The Morgan fingerprint density at radius 3 is 2.48 bits per heavy atom. The van der Waals surface area contributed by atoms with E-state index in [1.54, 1.807) is 7.05 Å². The molecule has 1 heterocycles. The van der Waals surface area contributed by atoms with E-state index >= 15 is 0 Å². The predicted octanol–water partition coefficient (Wildman–Crippen LogP) is 3.32. The summed E-state index contributed by atoms with van der Waals surface area (Å²) < 4.78 is 40.3. The lowest BCUT2D eigenvalue weighted by atomic mass is 10.0. The number of carbonyl (C=O) groups excluding carboxylic acids is 1. The van der Waals surface area contributed by atoms with Gasteiger partial charge in [-0.25, -0.2) is 4.98 Å². The average Bonchev–Trinajstić information content (AvgIpc) is 2.57. The van der Waals surface area contributed by atoms with Crippen molar-refractivity contribution in [2.75, 3.05) is 12.4 Å². The van der Waals surface area contributed by atoms with E-state index in [2.05, 4.69) is 20.4 Å². The highest BCUT2D eigenvalue weighted by molar-refractivity contribution is 5.81. The van der Waals surface area contributed by atoms with Gasteiger partial charge in [0.15, 0.2) is 6.29 Å². The predicted molar refractivity (Wildman–Crippen MR) is 83.4 cm³/mol. The van der Waals surface area contributed by atoms with Crippen LogP contribution >= 0.6 is 0 Å². The average molecular weight is 350 g/mol. The zero-order valence-corrected chi connectivity index (χ0v) is 13.0. The van der Waals surface area contributed by atoms with Gasteiger partial charge in [0, 0.05) is 23.0 Å². The van der Waals surface area contributed by atoms with Gasteiger partial charge in [-0.15, -0.1) is 13.2 Å². The van der Waals surface area contributed by atoms with E-state index in [1.165, 1.54) is 24.4 Å². The number of benzene rings is 1. The minimum atomic E-state index is -4.77. The van der Waals surface area contributed by atoms with E-state index in [0.717, 1.165) is 12.1 Å². The quantitative estimate of drug-likeness (QED) is 0.777. The second kappa shape index (κ2) is 7.63. The van der Waals surface area contributed by atoms with Crippen molar-refractivity contribution in [2.45, 2.75) is 12.4 Å². The summed E-state index contributed by atoms with van der Waals surface area (Å²) in [7, 11) is 1.56. The summed E-state index contributed by atoms with van der Waals surface area (Å²) in [6.45, 7) is 0. The number of halogens is 3. The van der Waals surface area contributed by atoms with Crippen molar-refractivity contribution < 1.29 is 22.7 Å². The minimum absolute atomic E-state index is 0.245. The summed E-state index contributed by atoms with van der Waals surface area (Å²) in [6.07, 6.45) is -2.78. The number of nitrogens with zero attached hydrogens (tertiary/aromatic N) is 2. The highest BCUT2D eigenvalue weighted by Crippen LogP contribution is 2.28. The van der Waals surface area contributed by atoms with Crippen LogP contribution in [-0.4, -0.2) is 24.7 Å². The van der Waals surface area contributed by atoms with Gasteiger partial charge in [0.05, 0.1) is 6.07 Å². The Hall–Kier alpha value is -3.12. The molecule has 1 aromatic heterocycles. The molecule has 0 saturated heterocycles. The smallest absolute Gasteiger partial charge is 0.406 e. The molecule has 6 nitrogen and oxygen atoms in total. The highest BCUT2D eigenvalue weighted by Gasteiger charge is 2.31. The molecule has 0 amide bonds. The van der Waals surface area contributed by atoms with Crippen molar-refractivity contribution >= 4 is 17.8 Å². The van der Waals surface area contributed by atoms with Gasteiger partial charge in [0.25, 0.3) is 0 Å². The summed E-state index contributed by atoms with van der Waals surface area (Å²) in [6, 6.07) is 7.69. The van der Waals surface area contributed by atoms with Gasteiger partial charge in [0.2, 0.25) is 0 Å². The first kappa shape index (κ1) is 18.2. The monoisotopic (exact) mass is 350 g/mol. The summed E-state index contributed by atoms with van der Waals surface area (Å²) in [5.74, 6) is -0.118. The lowest BCUT2D eigenvalue weighted by Gasteiger charge is -2.16. The Kier molecular flexibility index (Phi) is 5.56. The molecule has 0 aliphatic rings. The molecule has 1 unspecified atom stereocenters. The number of anilines is 2. The van der Waals surface area contributed by atoms with E-state index in [-0.39, 0.29) is 17.1 Å². The van der Waals surface area contributed by atoms with E-state index in [1.807, 2.05) is 6.07 Å². The fourth-order valence-corrected chi connectivity index (χ4v) is 2.14. The topological polar surface area (TPSA) is 87.0 Å². The van der Waals surface area contributed by atoms with E-state index in [0.29, 0.717) is 17.5 Å². The van der Waals surface area contributed by atoms with Crippen LogP contribution in [0.4, 0.5) is 24.7 Å². The number of nitrogens with one attached hydrogen (secondary N) is 2. The molecule has 2 N–H and O–H groups in total. The number of rotatable bonds is 6. The van der Waals surface area contributed by atoms with Crippen molar-refractivity contribution in [3.63, 3.8) is 0 Å². The molecule has 0 saturated carbocycles. The first-order valence-corrected chi connectivity index (χ1v) is 7.01. The third kappa shape index (κ3) is 4.68. The van der Waals surface area contributed by atoms with Crippen LogP contribution in [0.15, 0.2) is 36.5 Å². The molecule has 0 aliphatic carbocycles. The van der Waals surface area contributed by atoms with Crippen LogP contribution in [-0.2, 0) is 0 Å². The fourth-order valence-electron chi connectivity index (χ4n) is 2.14. The number of hydrogen-bond donors (Lipinski definition) is 2. The fraction of sp³-hybridized carbons (Fsp3) is 0.188. The van der Waals surface area contributed by atoms with Crippen LogP contribution in [0.2, 0.25) is 0 Å². The summed E-state index contributed by atoms with van der Waals surface area (Å²) in [5.41, 5.74) is 1.03. The van der Waals surface area contributed by atoms with Gasteiger partial charge in [-0.05, 0) is 37.4 Å². The highest BCUT2D eigenvalue weighted by atomic mass is 19.4. The summed E-state index contributed by atoms with van der Waals surface area (Å²) in [5, 5.41) is 14.9. The third-order valence-electron chi connectivity index (χ3n) is 3.21. The Morgan fingerprint density at radius 1 is 1.28 bits per heavy atom. The molecule has 25 heavy (non-hydrogen) atoms. The van der Waals surface area contributed by atoms with Crippen LogP contribution < -0.4 is 15.4 Å². The van der Waals surface area contributed by atoms with E-state index in [9.17, 15) is 23.2 Å². The number of ether oxygens (including phenoxy) is 1. The number of aldehydes is 1. The Bertz CT molecular complexity index is 785. The summed E-state index contributed by atoms with van der Waals surface area (Å²) in [4.78, 5) is 15.3. The van der Waals surface area contributed by atoms with Crippen LogP contribution in [0.1, 0.15) is 22.0 Å². The molecule has 0 radical (unpaired) electrons. The number of hydrogen-bond acceptors (Lipinski definition) is 6. The van der Waals surface area contributed by atoms with Gasteiger partial charge >= 0.3 is 6.36 Å². The first-order chi connectivity index (χ1) is 11.9. The van der Waals surface area contributed by atoms with Crippen LogP contribution in [0.25, 0.3) is 0 Å². The number of alkyl halides is 3. The Morgan fingerprint density at radius 2 is 1.96 bits per heavy atom. The van der Waals surface area contributed by atoms with Crippen molar-refractivity contribution in [3.05, 3.63) is 47.7 Å². The molecule has 0 fully saturated rings. The second-order valence-electron chi connectivity index (χ2n) is 4.83. The third-order valence-corrected chi connectivity index (χ3v) is 3.21. The molecular weight excluding hydrogens is 337 g/mol. The van der Waals surface area contributed by atoms with Gasteiger partial charge in [-0.2, -0.15) is 5.26 Å². The maximum absolute atomic E-state index is 12.2. The molecule has 130 valence electrons. The zero-order valence-electron chi connectivity index (χ0n) is 13.0. The number of carbonyl (C=O) groups is 1. The number of nitriles is 1. The van der Waals surface area contributed by atoms with Crippen molar-refractivity contribution in [2.24, 2.45) is 0 Å². The lowest BCUT2D eigenvalue weighted by Crippen LogP contribution is -2.18. The molecule has 0 bridgehead atoms.